The first-order valence-electron chi connectivity index (χ1n) is 24.5. The van der Waals surface area contributed by atoms with Gasteiger partial charge in [0.25, 0.3) is 0 Å². The van der Waals surface area contributed by atoms with E-state index in [2.05, 4.69) is 188 Å². The van der Waals surface area contributed by atoms with Crippen LogP contribution in [0.5, 0.6) is 11.5 Å². The van der Waals surface area contributed by atoms with Crippen LogP contribution in [0.3, 0.4) is 0 Å². The Balaban J connectivity index is 1.14. The fourth-order valence-electron chi connectivity index (χ4n) is 9.18. The van der Waals surface area contributed by atoms with Gasteiger partial charge in [-0.2, -0.15) is 0 Å². The van der Waals surface area contributed by atoms with E-state index < -0.39 is 6.85 Å². The fraction of sp³-hybridized carbons (Fsp3) is 0.317. The van der Waals surface area contributed by atoms with E-state index >= 15 is 0 Å². The van der Waals surface area contributed by atoms with Gasteiger partial charge < -0.3 is 14.5 Å². The summed E-state index contributed by atoms with van der Waals surface area (Å²) < 4.78 is 34.2. The molecule has 0 aliphatic carbocycles. The van der Waals surface area contributed by atoms with Gasteiger partial charge >= 0.3 is 0 Å². The van der Waals surface area contributed by atoms with Crippen molar-refractivity contribution in [2.24, 2.45) is 0 Å². The smallest absolute Gasteiger partial charge is 0.137 e. The largest absolute Gasteiger partial charge is 0.457 e. The zero-order valence-electron chi connectivity index (χ0n) is 43.6. The first-order chi connectivity index (χ1) is 31.8. The molecular weight excluding hydrogens is 793 g/mol. The van der Waals surface area contributed by atoms with Crippen LogP contribution in [0.15, 0.2) is 134 Å². The molecule has 3 heterocycles. The Labute approximate surface area is 391 Å². The van der Waals surface area contributed by atoms with Gasteiger partial charge in [0.05, 0.1) is 22.4 Å². The number of ether oxygens (including phenoxy) is 1. The third-order valence-electron chi connectivity index (χ3n) is 13.2. The number of hydrogen-bond acceptors (Lipinski definition) is 4. The predicted octanol–water partition coefficient (Wildman–Crippen LogP) is 16.7. The van der Waals surface area contributed by atoms with E-state index in [9.17, 15) is 0 Å². The summed E-state index contributed by atoms with van der Waals surface area (Å²) in [6.07, 6.45) is 1.88. The highest BCUT2D eigenvalue weighted by Gasteiger charge is 2.32. The Morgan fingerprint density at radius 2 is 1.11 bits per heavy atom. The molecule has 0 N–H and O–H groups in total. The van der Waals surface area contributed by atoms with Crippen LogP contribution in [0.25, 0.3) is 38.8 Å². The maximum Gasteiger partial charge on any atom is 0.137 e. The molecular formula is C60H66N4O. The molecule has 65 heavy (non-hydrogen) atoms. The van der Waals surface area contributed by atoms with Crippen LogP contribution in [0, 0.1) is 13.8 Å². The molecule has 0 saturated heterocycles. The van der Waals surface area contributed by atoms with Crippen molar-refractivity contribution in [3.63, 3.8) is 0 Å². The Hall–Kier alpha value is -6.33. The number of aryl methyl sites for hydroxylation is 2. The molecule has 0 atom stereocenters. The molecule has 1 aliphatic heterocycles. The molecule has 0 radical (unpaired) electrons. The quantitative estimate of drug-likeness (QED) is 0.167. The van der Waals surface area contributed by atoms with E-state index in [1.165, 1.54) is 28.1 Å². The number of rotatable bonds is 6. The number of pyridine rings is 1. The molecule has 1 aliphatic rings. The summed E-state index contributed by atoms with van der Waals surface area (Å²) in [6.45, 7) is 27.6. The van der Waals surface area contributed by atoms with Gasteiger partial charge in [0, 0.05) is 44.6 Å². The van der Waals surface area contributed by atoms with Crippen LogP contribution in [0.2, 0.25) is 0 Å². The third kappa shape index (κ3) is 8.31. The Morgan fingerprint density at radius 3 is 1.78 bits per heavy atom. The Bertz CT molecular complexity index is 3210. The van der Waals surface area contributed by atoms with Crippen LogP contribution in [0.1, 0.15) is 121 Å². The van der Waals surface area contributed by atoms with Gasteiger partial charge in [-0.25, -0.2) is 4.98 Å². The number of fused-ring (bicyclic) bond motifs is 4. The van der Waals surface area contributed by atoms with E-state index in [4.69, 9.17) is 13.8 Å². The number of nitrogens with zero attached hydrogens (tertiary/aromatic N) is 4. The average Bonchev–Trinajstić information content (AvgIpc) is 3.80. The van der Waals surface area contributed by atoms with Crippen LogP contribution in [-0.2, 0) is 21.7 Å². The van der Waals surface area contributed by atoms with Crippen molar-refractivity contribution in [1.29, 1.82) is 0 Å². The van der Waals surface area contributed by atoms with Crippen molar-refractivity contribution < 1.29 is 8.85 Å². The molecule has 0 fully saturated rings. The number of anilines is 4. The highest BCUT2D eigenvalue weighted by Crippen LogP contribution is 2.48. The summed E-state index contributed by atoms with van der Waals surface area (Å²) >= 11 is 0. The minimum absolute atomic E-state index is 0.0167. The zero-order valence-corrected chi connectivity index (χ0v) is 40.6. The van der Waals surface area contributed by atoms with Gasteiger partial charge in [-0.1, -0.05) is 132 Å². The monoisotopic (exact) mass is 862 g/mol. The molecule has 0 saturated carbocycles. The first kappa shape index (κ1) is 40.2. The van der Waals surface area contributed by atoms with Crippen LogP contribution in [0.4, 0.5) is 22.7 Å². The number of hydrogen-bond donors (Lipinski definition) is 0. The second-order valence-electron chi connectivity index (χ2n) is 22.2. The van der Waals surface area contributed by atoms with Crippen LogP contribution in [-0.4, -0.2) is 16.2 Å². The van der Waals surface area contributed by atoms with Crippen molar-refractivity contribution in [3.8, 4) is 28.4 Å². The van der Waals surface area contributed by atoms with Crippen molar-refractivity contribution in [3.05, 3.63) is 167 Å². The molecule has 332 valence electrons. The zero-order chi connectivity index (χ0) is 48.9. The highest BCUT2D eigenvalue weighted by molar-refractivity contribution is 6.10. The molecule has 6 aromatic carbocycles. The Morgan fingerprint density at radius 1 is 0.508 bits per heavy atom. The van der Waals surface area contributed by atoms with Crippen LogP contribution < -0.4 is 14.5 Å². The minimum atomic E-state index is -2.27. The first-order valence-corrected chi connectivity index (χ1v) is 23.0. The van der Waals surface area contributed by atoms with Gasteiger partial charge in [-0.3, -0.25) is 4.57 Å². The van der Waals surface area contributed by atoms with E-state index in [0.717, 1.165) is 67.0 Å². The average molecular weight is 862 g/mol. The lowest BCUT2D eigenvalue weighted by Gasteiger charge is -2.29. The summed E-state index contributed by atoms with van der Waals surface area (Å²) in [5.41, 5.74) is 14.2. The summed E-state index contributed by atoms with van der Waals surface area (Å²) in [5, 5.41) is 2.09. The summed E-state index contributed by atoms with van der Waals surface area (Å²) in [4.78, 5) is 9.84. The number of aromatic nitrogens is 2. The number of benzene rings is 6. The summed E-state index contributed by atoms with van der Waals surface area (Å²) in [7, 11) is 0. The molecule has 5 heteroatoms. The molecule has 5 nitrogen and oxygen atoms in total. The molecule has 2 aromatic heterocycles. The van der Waals surface area contributed by atoms with Gasteiger partial charge in [0.1, 0.15) is 24.0 Å². The van der Waals surface area contributed by atoms with E-state index in [0.29, 0.717) is 18.0 Å². The lowest BCUT2D eigenvalue weighted by molar-refractivity contribution is 0.483. The summed E-state index contributed by atoms with van der Waals surface area (Å²) in [5.74, 6) is 2.21. The predicted molar refractivity (Wildman–Crippen MR) is 277 cm³/mol. The van der Waals surface area contributed by atoms with Gasteiger partial charge in [0.15, 0.2) is 0 Å². The van der Waals surface area contributed by atoms with Gasteiger partial charge in [-0.05, 0) is 147 Å². The van der Waals surface area contributed by atoms with Crippen LogP contribution >= 0.6 is 0 Å². The van der Waals surface area contributed by atoms with Crippen molar-refractivity contribution in [1.82, 2.24) is 9.55 Å². The maximum absolute atomic E-state index is 8.40. The standard InChI is InChI=1S/C60H66N4O/c1-38-17-15-18-39(2)56(38)40-21-24-49-50-25-23-48(36-53(50)64(52(49)29-40)55-34-42(27-28-61-55)58(6,7)8)65-47-20-16-19-45(35-47)62-37-63(54-33-41(57(3,4)5)22-26-51(54)62)46-31-43(59(9,10)11)30-44(32-46)60(12,13)14/h15-36H,37H2,1-14H3/i1D3. The van der Waals surface area contributed by atoms with Crippen molar-refractivity contribution in [2.75, 3.05) is 16.5 Å². The lowest BCUT2D eigenvalue weighted by atomic mass is 9.80. The van der Waals surface area contributed by atoms with Gasteiger partial charge in [-0.15, -0.1) is 0 Å². The van der Waals surface area contributed by atoms with Crippen molar-refractivity contribution >= 4 is 44.6 Å². The molecule has 0 unspecified atom stereocenters. The van der Waals surface area contributed by atoms with E-state index in [1.807, 2.05) is 43.5 Å². The summed E-state index contributed by atoms with van der Waals surface area (Å²) in [6, 6.07) is 44.8. The SMILES string of the molecule is [2H]C([2H])([2H])c1cccc(C)c1-c1ccc2c3ccc(Oc4cccc(N5CN(c6cc(C(C)(C)C)cc(C(C)(C)C)c6)c6cc(C(C)(C)C)ccc65)c4)cc3n(-c3cc(C(C)(C)C)ccn3)c2c1. The highest BCUT2D eigenvalue weighted by atomic mass is 16.5. The molecule has 8 aromatic rings. The van der Waals surface area contributed by atoms with E-state index in [-0.39, 0.29) is 21.7 Å². The molecule has 0 spiro atoms. The second-order valence-corrected chi connectivity index (χ2v) is 22.2. The van der Waals surface area contributed by atoms with Crippen molar-refractivity contribution in [2.45, 2.75) is 119 Å². The normalized spacial score (nSPS) is 14.4. The fourth-order valence-corrected chi connectivity index (χ4v) is 9.18. The van der Waals surface area contributed by atoms with E-state index in [1.54, 1.807) is 6.07 Å². The maximum atomic E-state index is 8.40. The third-order valence-corrected chi connectivity index (χ3v) is 13.2. The molecule has 0 bridgehead atoms. The molecule has 0 amide bonds. The molecule has 9 rings (SSSR count). The Kier molecular flexibility index (Phi) is 9.70. The minimum Gasteiger partial charge on any atom is -0.457 e. The van der Waals surface area contributed by atoms with Gasteiger partial charge in [0.2, 0.25) is 0 Å². The topological polar surface area (TPSA) is 33.5 Å². The lowest BCUT2D eigenvalue weighted by Crippen LogP contribution is -2.25. The second kappa shape index (κ2) is 15.7.